The molecule has 0 aromatic carbocycles. The fourth-order valence-corrected chi connectivity index (χ4v) is 11.3. The first kappa shape index (κ1) is 79.3. The number of likely N-dealkylation sites (N-methyl/N-ethyl adjacent to an activating group) is 1. The molecule has 0 aliphatic carbocycles. The zero-order valence-electron chi connectivity index (χ0n) is 55.2. The number of unbranched alkanes of at least 4 members (excludes halogenated alkanes) is 54. The van der Waals surface area contributed by atoms with Crippen LogP contribution in [-0.2, 0) is 33.3 Å². The summed E-state index contributed by atoms with van der Waals surface area (Å²) in [5, 5.41) is 9.72. The molecule has 0 saturated heterocycles. The van der Waals surface area contributed by atoms with E-state index >= 15 is 0 Å². The van der Waals surface area contributed by atoms with Crippen molar-refractivity contribution < 1.29 is 42.9 Å². The number of rotatable bonds is 69. The zero-order valence-corrected chi connectivity index (χ0v) is 55.2. The molecule has 1 N–H and O–H groups in total. The van der Waals surface area contributed by atoms with Crippen LogP contribution in [0, 0.1) is 0 Å². The number of carbonyl (C=O) groups is 3. The predicted molar refractivity (Wildman–Crippen MR) is 346 cm³/mol. The SMILES string of the molecule is CCCCCCCCCCCCCCCCCCCCCCCCCCCCCCCCCCCCCCCCCCCC(=O)OC(COC(=O)CCCCCCCCCCCCCCCCC)COC(OCC[N+](C)(C)C)C(=O)O. The van der Waals surface area contributed by atoms with Crippen molar-refractivity contribution in [3.05, 3.63) is 0 Å². The first-order chi connectivity index (χ1) is 39.6. The minimum atomic E-state index is -1.50. The van der Waals surface area contributed by atoms with Crippen LogP contribution in [-0.4, -0.2) is 87.4 Å². The van der Waals surface area contributed by atoms with Crippen molar-refractivity contribution in [2.75, 3.05) is 47.5 Å². The van der Waals surface area contributed by atoms with Crippen LogP contribution >= 0.6 is 0 Å². The molecule has 0 aromatic rings. The third-order valence-corrected chi connectivity index (χ3v) is 16.9. The van der Waals surface area contributed by atoms with E-state index in [1.54, 1.807) is 0 Å². The number of quaternary nitrogens is 1. The molecule has 0 aliphatic rings. The van der Waals surface area contributed by atoms with Gasteiger partial charge in [-0.1, -0.05) is 361 Å². The summed E-state index contributed by atoms with van der Waals surface area (Å²) in [6, 6.07) is 0. The number of ether oxygens (including phenoxy) is 4. The van der Waals surface area contributed by atoms with E-state index in [1.807, 2.05) is 21.1 Å². The van der Waals surface area contributed by atoms with Crippen LogP contribution in [0.5, 0.6) is 0 Å². The molecule has 482 valence electrons. The Morgan fingerprint density at radius 1 is 0.321 bits per heavy atom. The molecular formula is C72H142NO8+. The number of aliphatic carboxylic acids is 1. The van der Waals surface area contributed by atoms with E-state index < -0.39 is 18.4 Å². The Labute approximate surface area is 504 Å². The highest BCUT2D eigenvalue weighted by Crippen LogP contribution is 2.20. The van der Waals surface area contributed by atoms with E-state index in [0.29, 0.717) is 17.4 Å². The van der Waals surface area contributed by atoms with Gasteiger partial charge in [-0.15, -0.1) is 0 Å². The van der Waals surface area contributed by atoms with Crippen LogP contribution in [0.25, 0.3) is 0 Å². The second-order valence-corrected chi connectivity index (χ2v) is 26.3. The van der Waals surface area contributed by atoms with E-state index in [9.17, 15) is 19.5 Å². The third-order valence-electron chi connectivity index (χ3n) is 16.9. The quantitative estimate of drug-likeness (QED) is 0.0278. The van der Waals surface area contributed by atoms with Gasteiger partial charge in [0.25, 0.3) is 6.29 Å². The Morgan fingerprint density at radius 3 is 0.790 bits per heavy atom. The Balaban J connectivity index is 3.85. The average Bonchev–Trinajstić information content (AvgIpc) is 3.44. The molecule has 0 saturated carbocycles. The second-order valence-electron chi connectivity index (χ2n) is 26.3. The summed E-state index contributed by atoms with van der Waals surface area (Å²) in [7, 11) is 5.99. The smallest absolute Gasteiger partial charge is 0.361 e. The standard InChI is InChI=1S/C72H141NO8/c1-6-8-10-12-14-16-18-20-22-23-24-25-26-27-28-29-30-31-32-33-34-35-36-37-38-39-40-41-42-43-44-45-46-47-49-51-53-55-57-59-61-63-70(75)81-68(67-80-72(71(76)77)78-65-64-73(3,4)5)66-79-69(74)62-60-58-56-54-52-50-48-21-19-17-15-13-11-9-7-2/h68,72H,6-67H2,1-5H3/p+1. The number of carboxylic acid groups (broad SMARTS) is 1. The van der Waals surface area contributed by atoms with Gasteiger partial charge in [-0.3, -0.25) is 9.59 Å². The average molecular weight is 1150 g/mol. The summed E-state index contributed by atoms with van der Waals surface area (Å²) in [6.45, 7) is 4.96. The van der Waals surface area contributed by atoms with E-state index in [4.69, 9.17) is 18.9 Å². The highest BCUT2D eigenvalue weighted by Gasteiger charge is 2.25. The number of hydrogen-bond donors (Lipinski definition) is 1. The highest BCUT2D eigenvalue weighted by atomic mass is 16.7. The van der Waals surface area contributed by atoms with Crippen LogP contribution in [0.2, 0.25) is 0 Å². The summed E-state index contributed by atoms with van der Waals surface area (Å²) in [6.07, 6.45) is 74.0. The van der Waals surface area contributed by atoms with Gasteiger partial charge in [0, 0.05) is 12.8 Å². The molecule has 9 nitrogen and oxygen atoms in total. The topological polar surface area (TPSA) is 108 Å². The van der Waals surface area contributed by atoms with Crippen LogP contribution in [0.15, 0.2) is 0 Å². The summed E-state index contributed by atoms with van der Waals surface area (Å²) in [4.78, 5) is 37.5. The number of esters is 2. The van der Waals surface area contributed by atoms with E-state index in [1.165, 1.54) is 321 Å². The fourth-order valence-electron chi connectivity index (χ4n) is 11.3. The maximum absolute atomic E-state index is 12.9. The normalized spacial score (nSPS) is 12.6. The van der Waals surface area contributed by atoms with Crippen molar-refractivity contribution in [1.29, 1.82) is 0 Å². The molecule has 9 heteroatoms. The van der Waals surface area contributed by atoms with E-state index in [-0.39, 0.29) is 38.2 Å². The number of carbonyl (C=O) groups excluding carboxylic acids is 2. The van der Waals surface area contributed by atoms with Gasteiger partial charge in [-0.05, 0) is 12.8 Å². The molecule has 0 fully saturated rings. The molecule has 0 aliphatic heterocycles. The first-order valence-corrected chi connectivity index (χ1v) is 36.2. The highest BCUT2D eigenvalue weighted by molar-refractivity contribution is 5.71. The molecule has 0 rings (SSSR count). The van der Waals surface area contributed by atoms with E-state index in [2.05, 4.69) is 13.8 Å². The molecule has 0 heterocycles. The number of carboxylic acids is 1. The molecular weight excluding hydrogens is 1010 g/mol. The molecule has 0 bridgehead atoms. The molecule has 0 spiro atoms. The van der Waals surface area contributed by atoms with Gasteiger partial charge in [-0.2, -0.15) is 0 Å². The van der Waals surface area contributed by atoms with Crippen molar-refractivity contribution in [3.8, 4) is 0 Å². The number of hydrogen-bond acceptors (Lipinski definition) is 7. The monoisotopic (exact) mass is 1150 g/mol. The lowest BCUT2D eigenvalue weighted by atomic mass is 10.0. The lowest BCUT2D eigenvalue weighted by Crippen LogP contribution is -2.40. The van der Waals surface area contributed by atoms with Crippen molar-refractivity contribution in [2.24, 2.45) is 0 Å². The predicted octanol–water partition coefficient (Wildman–Crippen LogP) is 22.3. The minimum Gasteiger partial charge on any atom is -0.477 e. The van der Waals surface area contributed by atoms with Crippen molar-refractivity contribution in [1.82, 2.24) is 0 Å². The van der Waals surface area contributed by atoms with Gasteiger partial charge in [0.15, 0.2) is 6.10 Å². The van der Waals surface area contributed by atoms with Gasteiger partial charge in [0.05, 0.1) is 34.4 Å². The molecule has 0 aromatic heterocycles. The fraction of sp³-hybridized carbons (Fsp3) is 0.958. The van der Waals surface area contributed by atoms with Crippen molar-refractivity contribution in [3.63, 3.8) is 0 Å². The molecule has 81 heavy (non-hydrogen) atoms. The van der Waals surface area contributed by atoms with Crippen molar-refractivity contribution >= 4 is 17.9 Å². The summed E-state index contributed by atoms with van der Waals surface area (Å²) < 4.78 is 23.0. The maximum Gasteiger partial charge on any atom is 0.361 e. The minimum absolute atomic E-state index is 0.172. The Hall–Kier alpha value is -1.71. The summed E-state index contributed by atoms with van der Waals surface area (Å²) in [5.41, 5.74) is 0. The summed E-state index contributed by atoms with van der Waals surface area (Å²) >= 11 is 0. The van der Waals surface area contributed by atoms with Crippen LogP contribution in [0.3, 0.4) is 0 Å². The largest absolute Gasteiger partial charge is 0.477 e. The lowest BCUT2D eigenvalue weighted by molar-refractivity contribution is -0.870. The van der Waals surface area contributed by atoms with Gasteiger partial charge in [0.2, 0.25) is 0 Å². The summed E-state index contributed by atoms with van der Waals surface area (Å²) in [5.74, 6) is -1.97. The van der Waals surface area contributed by atoms with Gasteiger partial charge < -0.3 is 28.5 Å². The lowest BCUT2D eigenvalue weighted by Gasteiger charge is -2.25. The number of nitrogens with zero attached hydrogens (tertiary/aromatic N) is 1. The second kappa shape index (κ2) is 64.3. The van der Waals surface area contributed by atoms with Crippen LogP contribution in [0.4, 0.5) is 0 Å². The van der Waals surface area contributed by atoms with Gasteiger partial charge >= 0.3 is 17.9 Å². The first-order valence-electron chi connectivity index (χ1n) is 36.2. The molecule has 2 unspecified atom stereocenters. The van der Waals surface area contributed by atoms with Crippen molar-refractivity contribution in [2.45, 2.75) is 399 Å². The van der Waals surface area contributed by atoms with Crippen LogP contribution < -0.4 is 0 Å². The maximum atomic E-state index is 12.9. The Morgan fingerprint density at radius 2 is 0.556 bits per heavy atom. The molecule has 2 atom stereocenters. The Bertz CT molecular complexity index is 1290. The molecule has 0 amide bonds. The third kappa shape index (κ3) is 65.7. The van der Waals surface area contributed by atoms with Gasteiger partial charge in [-0.25, -0.2) is 4.79 Å². The molecule has 0 radical (unpaired) electrons. The Kier molecular flexibility index (Phi) is 62.9. The van der Waals surface area contributed by atoms with Gasteiger partial charge in [0.1, 0.15) is 13.2 Å². The zero-order chi connectivity index (χ0) is 59.1. The van der Waals surface area contributed by atoms with E-state index in [0.717, 1.165) is 38.5 Å². The van der Waals surface area contributed by atoms with Crippen LogP contribution in [0.1, 0.15) is 386 Å².